The van der Waals surface area contributed by atoms with Crippen molar-refractivity contribution in [2.24, 2.45) is 0 Å². The Kier molecular flexibility index (Phi) is 4.81. The molecule has 3 aromatic rings. The second-order valence-electron chi connectivity index (χ2n) is 6.98. The molecule has 0 bridgehead atoms. The summed E-state index contributed by atoms with van der Waals surface area (Å²) in [6, 6.07) is 11.1. The molecule has 7 nitrogen and oxygen atoms in total. The topological polar surface area (TPSA) is 74.6 Å². The number of ether oxygens (including phenoxy) is 3. The number of rotatable bonds is 5. The van der Waals surface area contributed by atoms with Crippen LogP contribution in [0, 0.1) is 0 Å². The molecule has 1 N–H and O–H groups in total. The summed E-state index contributed by atoms with van der Waals surface area (Å²) in [5.41, 5.74) is 2.34. The lowest BCUT2D eigenvalue weighted by molar-refractivity contribution is -0.116. The lowest BCUT2D eigenvalue weighted by atomic mass is 10.2. The number of nitrogens with zero attached hydrogens (tertiary/aromatic N) is 2. The minimum Gasteiger partial charge on any atom is -0.497 e. The second kappa shape index (κ2) is 7.42. The van der Waals surface area contributed by atoms with Crippen LogP contribution in [0.15, 0.2) is 36.4 Å². The number of nitrogens with one attached hydrogen (secondary N) is 1. The molecule has 4 rings (SSSR count). The summed E-state index contributed by atoms with van der Waals surface area (Å²) in [6.45, 7) is 5.31. The first kappa shape index (κ1) is 18.2. The fourth-order valence-electron chi connectivity index (χ4n) is 3.33. The molecule has 0 radical (unpaired) electrons. The van der Waals surface area contributed by atoms with E-state index >= 15 is 0 Å². The van der Waals surface area contributed by atoms with E-state index in [4.69, 9.17) is 19.2 Å². The van der Waals surface area contributed by atoms with Gasteiger partial charge in [0.05, 0.1) is 18.1 Å². The molecule has 146 valence electrons. The molecule has 1 aliphatic heterocycles. The molecule has 7 heteroatoms. The van der Waals surface area contributed by atoms with Crippen LogP contribution in [-0.2, 0) is 11.3 Å². The van der Waals surface area contributed by atoms with E-state index in [1.807, 2.05) is 34.9 Å². The second-order valence-corrected chi connectivity index (χ2v) is 6.98. The summed E-state index contributed by atoms with van der Waals surface area (Å²) in [4.78, 5) is 17.5. The van der Waals surface area contributed by atoms with Gasteiger partial charge in [-0.25, -0.2) is 4.98 Å². The van der Waals surface area contributed by atoms with Gasteiger partial charge in [0.25, 0.3) is 0 Å². The van der Waals surface area contributed by atoms with E-state index in [2.05, 4.69) is 19.2 Å². The van der Waals surface area contributed by atoms with Crippen molar-refractivity contribution >= 4 is 22.6 Å². The summed E-state index contributed by atoms with van der Waals surface area (Å²) in [5.74, 6) is 2.94. The van der Waals surface area contributed by atoms with Crippen molar-refractivity contribution in [3.05, 3.63) is 42.2 Å². The number of benzene rings is 2. The van der Waals surface area contributed by atoms with Crippen molar-refractivity contribution in [1.82, 2.24) is 9.55 Å². The monoisotopic (exact) mass is 381 g/mol. The van der Waals surface area contributed by atoms with E-state index in [9.17, 15) is 4.79 Å². The molecule has 0 unspecified atom stereocenters. The summed E-state index contributed by atoms with van der Waals surface area (Å²) < 4.78 is 18.5. The van der Waals surface area contributed by atoms with Gasteiger partial charge in [-0.3, -0.25) is 4.79 Å². The molecule has 0 saturated carbocycles. The molecule has 2 aromatic carbocycles. The molecule has 28 heavy (non-hydrogen) atoms. The highest BCUT2D eigenvalue weighted by Gasteiger charge is 2.20. The number of hydrogen-bond donors (Lipinski definition) is 1. The van der Waals surface area contributed by atoms with E-state index in [1.165, 1.54) is 0 Å². The first-order valence-electron chi connectivity index (χ1n) is 9.29. The van der Waals surface area contributed by atoms with Crippen LogP contribution in [0.3, 0.4) is 0 Å². The minimum atomic E-state index is -0.135. The Balaban J connectivity index is 1.66. The Morgan fingerprint density at radius 1 is 1.21 bits per heavy atom. The third-order valence-corrected chi connectivity index (χ3v) is 4.61. The highest BCUT2D eigenvalue weighted by Crippen LogP contribution is 2.35. The average molecular weight is 381 g/mol. The average Bonchev–Trinajstić information content (AvgIpc) is 3.04. The van der Waals surface area contributed by atoms with Crippen molar-refractivity contribution in [2.75, 3.05) is 25.6 Å². The van der Waals surface area contributed by atoms with Crippen LogP contribution in [0.1, 0.15) is 25.6 Å². The van der Waals surface area contributed by atoms with Crippen LogP contribution in [0.4, 0.5) is 5.69 Å². The van der Waals surface area contributed by atoms with E-state index in [0.717, 1.165) is 16.9 Å². The summed E-state index contributed by atoms with van der Waals surface area (Å²) in [5, 5.41) is 2.92. The van der Waals surface area contributed by atoms with Gasteiger partial charge in [-0.15, -0.1) is 0 Å². The van der Waals surface area contributed by atoms with Crippen LogP contribution >= 0.6 is 0 Å². The number of aromatic nitrogens is 2. The Labute approximate surface area is 163 Å². The Hall–Kier alpha value is -3.22. The predicted molar refractivity (Wildman–Crippen MR) is 106 cm³/mol. The number of carbonyl (C=O) groups excluding carboxylic acids is 1. The van der Waals surface area contributed by atoms with Crippen molar-refractivity contribution in [1.29, 1.82) is 0 Å². The summed E-state index contributed by atoms with van der Waals surface area (Å²) in [7, 11) is 1.60. The van der Waals surface area contributed by atoms with Gasteiger partial charge >= 0.3 is 0 Å². The Morgan fingerprint density at radius 2 is 1.96 bits per heavy atom. The van der Waals surface area contributed by atoms with Gasteiger partial charge in [-0.05, 0) is 12.1 Å². The maximum Gasteiger partial charge on any atom is 0.244 e. The number of fused-ring (bicyclic) bond motifs is 2. The van der Waals surface area contributed by atoms with Crippen LogP contribution in [-0.4, -0.2) is 35.8 Å². The van der Waals surface area contributed by atoms with E-state index in [-0.39, 0.29) is 18.4 Å². The van der Waals surface area contributed by atoms with Gasteiger partial charge in [0.2, 0.25) is 5.91 Å². The van der Waals surface area contributed by atoms with Gasteiger partial charge in [-0.2, -0.15) is 0 Å². The number of anilines is 1. The van der Waals surface area contributed by atoms with Gasteiger partial charge < -0.3 is 24.1 Å². The van der Waals surface area contributed by atoms with Crippen molar-refractivity contribution in [3.63, 3.8) is 0 Å². The van der Waals surface area contributed by atoms with Crippen molar-refractivity contribution < 1.29 is 19.0 Å². The van der Waals surface area contributed by atoms with Gasteiger partial charge in [0.15, 0.2) is 11.5 Å². The SMILES string of the molecule is COc1cccc(NC(=O)Cn2c(C(C)C)nc3cc4c(cc32)OCCO4)c1. The zero-order valence-corrected chi connectivity index (χ0v) is 16.2. The van der Waals surface area contributed by atoms with Crippen LogP contribution in [0.25, 0.3) is 11.0 Å². The molecular weight excluding hydrogens is 358 g/mol. The minimum absolute atomic E-state index is 0.135. The number of carbonyl (C=O) groups is 1. The highest BCUT2D eigenvalue weighted by molar-refractivity contribution is 5.92. The van der Waals surface area contributed by atoms with Gasteiger partial charge in [-0.1, -0.05) is 19.9 Å². The van der Waals surface area contributed by atoms with Crippen LogP contribution in [0.2, 0.25) is 0 Å². The van der Waals surface area contributed by atoms with Crippen LogP contribution in [0.5, 0.6) is 17.2 Å². The highest BCUT2D eigenvalue weighted by atomic mass is 16.6. The third kappa shape index (κ3) is 3.47. The first-order chi connectivity index (χ1) is 13.5. The first-order valence-corrected chi connectivity index (χ1v) is 9.29. The maximum absolute atomic E-state index is 12.7. The number of methoxy groups -OCH3 is 1. The maximum atomic E-state index is 12.7. The lowest BCUT2D eigenvalue weighted by Crippen LogP contribution is -2.20. The molecule has 2 heterocycles. The number of imidazole rings is 1. The van der Waals surface area contributed by atoms with Gasteiger partial charge in [0.1, 0.15) is 31.3 Å². The Bertz CT molecular complexity index is 1030. The summed E-state index contributed by atoms with van der Waals surface area (Å²) >= 11 is 0. The third-order valence-electron chi connectivity index (χ3n) is 4.61. The molecule has 0 spiro atoms. The zero-order valence-electron chi connectivity index (χ0n) is 16.2. The normalized spacial score (nSPS) is 13.0. The number of hydrogen-bond acceptors (Lipinski definition) is 5. The molecule has 0 saturated heterocycles. The zero-order chi connectivity index (χ0) is 19.7. The summed E-state index contributed by atoms with van der Waals surface area (Å²) in [6.07, 6.45) is 0. The predicted octanol–water partition coefficient (Wildman–Crippen LogP) is 3.58. The molecule has 0 fully saturated rings. The van der Waals surface area contributed by atoms with Crippen molar-refractivity contribution in [3.8, 4) is 17.2 Å². The quantitative estimate of drug-likeness (QED) is 0.731. The lowest BCUT2D eigenvalue weighted by Gasteiger charge is -2.18. The molecule has 1 aromatic heterocycles. The molecule has 1 amide bonds. The van der Waals surface area contributed by atoms with Crippen LogP contribution < -0.4 is 19.5 Å². The molecule has 1 aliphatic rings. The van der Waals surface area contributed by atoms with E-state index in [0.29, 0.717) is 36.1 Å². The van der Waals surface area contributed by atoms with E-state index < -0.39 is 0 Å². The molecule has 0 aliphatic carbocycles. The largest absolute Gasteiger partial charge is 0.497 e. The molecule has 0 atom stereocenters. The smallest absolute Gasteiger partial charge is 0.244 e. The number of amides is 1. The fraction of sp³-hybridized carbons (Fsp3) is 0.333. The van der Waals surface area contributed by atoms with Gasteiger partial charge in [0, 0.05) is 29.8 Å². The Morgan fingerprint density at radius 3 is 2.68 bits per heavy atom. The van der Waals surface area contributed by atoms with E-state index in [1.54, 1.807) is 13.2 Å². The fourth-order valence-corrected chi connectivity index (χ4v) is 3.33. The molecular formula is C21H23N3O4. The van der Waals surface area contributed by atoms with Crippen molar-refractivity contribution in [2.45, 2.75) is 26.3 Å². The standard InChI is InChI=1S/C21H23N3O4/c1-13(2)21-23-16-10-18-19(28-8-7-27-18)11-17(16)24(21)12-20(25)22-14-5-4-6-15(9-14)26-3/h4-6,9-11,13H,7-8,12H2,1-3H3,(H,22,25).